The minimum absolute atomic E-state index is 0.0259. The fraction of sp³-hybridized carbons (Fsp3) is 0.188. The van der Waals surface area contributed by atoms with Crippen LogP contribution in [0.15, 0.2) is 42.5 Å². The minimum Gasteiger partial charge on any atom is -0.508 e. The molecule has 2 aromatic carbocycles. The van der Waals surface area contributed by atoms with Crippen molar-refractivity contribution in [3.8, 4) is 11.5 Å². The number of anilines is 1. The first-order valence-corrected chi connectivity index (χ1v) is 8.82. The lowest BCUT2D eigenvalue weighted by Gasteiger charge is -2.18. The zero-order chi connectivity index (χ0) is 17.9. The molecule has 1 atom stereocenters. The Labute approximate surface area is 138 Å². The number of aromatic hydroxyl groups is 2. The molecule has 0 fully saturated rings. The van der Waals surface area contributed by atoms with Gasteiger partial charge in [-0.05, 0) is 36.2 Å². The Morgan fingerprint density at radius 1 is 1.12 bits per heavy atom. The fourth-order valence-electron chi connectivity index (χ4n) is 2.50. The van der Waals surface area contributed by atoms with Crippen molar-refractivity contribution in [1.82, 2.24) is 0 Å². The van der Waals surface area contributed by atoms with Gasteiger partial charge in [0, 0.05) is 17.5 Å². The Bertz CT molecular complexity index is 801. The van der Waals surface area contributed by atoms with E-state index in [0.717, 1.165) is 6.07 Å². The van der Waals surface area contributed by atoms with Crippen molar-refractivity contribution in [2.75, 3.05) is 5.09 Å². The molecule has 8 heteroatoms. The standard InChI is InChI=1S/C16H18NO6P/c1-2-13(10-4-3-5-11(18)8-10)16(20)14-7-6-12(19)9-15(14)17-24(21,22)23/h3-9,13,18-19H,2H2,1H3,(H3,17,21,22,23). The van der Waals surface area contributed by atoms with Crippen molar-refractivity contribution in [3.05, 3.63) is 53.6 Å². The molecular formula is C16H18NO6P. The second-order valence-corrected chi connectivity index (χ2v) is 6.62. The lowest BCUT2D eigenvalue weighted by molar-refractivity contribution is 0.0958. The van der Waals surface area contributed by atoms with Gasteiger partial charge in [0.15, 0.2) is 5.78 Å². The molecule has 0 heterocycles. The summed E-state index contributed by atoms with van der Waals surface area (Å²) in [6.07, 6.45) is 0.429. The summed E-state index contributed by atoms with van der Waals surface area (Å²) in [7, 11) is -4.65. The summed E-state index contributed by atoms with van der Waals surface area (Å²) in [6.45, 7) is 1.79. The van der Waals surface area contributed by atoms with E-state index in [1.165, 1.54) is 24.3 Å². The summed E-state index contributed by atoms with van der Waals surface area (Å²) in [5.74, 6) is -1.18. The number of Topliss-reactive ketones (excluding diaryl/α,β-unsaturated/α-hetero) is 1. The molecular weight excluding hydrogens is 333 g/mol. The Morgan fingerprint density at radius 3 is 2.38 bits per heavy atom. The van der Waals surface area contributed by atoms with Gasteiger partial charge in [0.2, 0.25) is 0 Å². The molecule has 2 aromatic rings. The highest BCUT2D eigenvalue weighted by Gasteiger charge is 2.25. The lowest BCUT2D eigenvalue weighted by atomic mass is 9.88. The molecule has 0 spiro atoms. The van der Waals surface area contributed by atoms with Crippen molar-refractivity contribution < 1.29 is 29.4 Å². The third-order valence-corrected chi connectivity index (χ3v) is 4.06. The summed E-state index contributed by atoms with van der Waals surface area (Å²) < 4.78 is 11.2. The highest BCUT2D eigenvalue weighted by atomic mass is 31.2. The van der Waals surface area contributed by atoms with Crippen molar-refractivity contribution in [2.45, 2.75) is 19.3 Å². The average molecular weight is 351 g/mol. The van der Waals surface area contributed by atoms with E-state index >= 15 is 0 Å². The number of hydrogen-bond donors (Lipinski definition) is 5. The van der Waals surface area contributed by atoms with Crippen LogP contribution in [0.5, 0.6) is 11.5 Å². The highest BCUT2D eigenvalue weighted by molar-refractivity contribution is 7.53. The number of carbonyl (C=O) groups is 1. The zero-order valence-corrected chi connectivity index (χ0v) is 13.8. The zero-order valence-electron chi connectivity index (χ0n) is 12.9. The number of benzene rings is 2. The van der Waals surface area contributed by atoms with E-state index in [1.807, 2.05) is 5.09 Å². The van der Waals surface area contributed by atoms with E-state index in [4.69, 9.17) is 9.79 Å². The van der Waals surface area contributed by atoms with Crippen molar-refractivity contribution in [3.63, 3.8) is 0 Å². The van der Waals surface area contributed by atoms with Gasteiger partial charge >= 0.3 is 7.75 Å². The largest absolute Gasteiger partial charge is 0.508 e. The van der Waals surface area contributed by atoms with Gasteiger partial charge in [-0.3, -0.25) is 9.88 Å². The van der Waals surface area contributed by atoms with Gasteiger partial charge in [-0.2, -0.15) is 0 Å². The predicted octanol–water partition coefficient (Wildman–Crippen LogP) is 2.98. The molecule has 0 amide bonds. The van der Waals surface area contributed by atoms with E-state index in [0.29, 0.717) is 12.0 Å². The number of phenolic OH excluding ortho intramolecular Hbond substituents is 2. The van der Waals surface area contributed by atoms with E-state index in [1.54, 1.807) is 19.1 Å². The second-order valence-electron chi connectivity index (χ2n) is 5.31. The number of hydrogen-bond acceptors (Lipinski definition) is 4. The van der Waals surface area contributed by atoms with Crippen LogP contribution >= 0.6 is 7.75 Å². The molecule has 0 bridgehead atoms. The number of rotatable bonds is 6. The van der Waals surface area contributed by atoms with Gasteiger partial charge in [-0.25, -0.2) is 4.57 Å². The smallest absolute Gasteiger partial charge is 0.427 e. The summed E-state index contributed by atoms with van der Waals surface area (Å²) in [4.78, 5) is 31.0. The maximum Gasteiger partial charge on any atom is 0.427 e. The van der Waals surface area contributed by atoms with Gasteiger partial charge in [0.25, 0.3) is 0 Å². The van der Waals surface area contributed by atoms with Crippen LogP contribution in [-0.2, 0) is 4.57 Å². The first-order chi connectivity index (χ1) is 11.2. The molecule has 0 aliphatic rings. The Hall–Kier alpha value is -2.34. The van der Waals surface area contributed by atoms with Crippen molar-refractivity contribution in [1.29, 1.82) is 0 Å². The summed E-state index contributed by atoms with van der Waals surface area (Å²) >= 11 is 0. The number of nitrogens with one attached hydrogen (secondary N) is 1. The van der Waals surface area contributed by atoms with E-state index in [-0.39, 0.29) is 28.5 Å². The van der Waals surface area contributed by atoms with E-state index < -0.39 is 13.7 Å². The van der Waals surface area contributed by atoms with E-state index in [9.17, 15) is 19.6 Å². The molecule has 2 rings (SSSR count). The van der Waals surface area contributed by atoms with Crippen LogP contribution in [0.4, 0.5) is 5.69 Å². The van der Waals surface area contributed by atoms with Gasteiger partial charge in [-0.15, -0.1) is 0 Å². The SMILES string of the molecule is CCC(C(=O)c1ccc(O)cc1NP(=O)(O)O)c1cccc(O)c1. The number of ketones is 1. The molecule has 0 saturated heterocycles. The lowest BCUT2D eigenvalue weighted by Crippen LogP contribution is -2.14. The topological polar surface area (TPSA) is 127 Å². The molecule has 0 aromatic heterocycles. The molecule has 0 radical (unpaired) electrons. The van der Waals surface area contributed by atoms with Crippen LogP contribution in [0.1, 0.15) is 35.2 Å². The molecule has 7 nitrogen and oxygen atoms in total. The Kier molecular flexibility index (Phi) is 5.29. The van der Waals surface area contributed by atoms with E-state index in [2.05, 4.69) is 0 Å². The predicted molar refractivity (Wildman–Crippen MR) is 89.2 cm³/mol. The first-order valence-electron chi connectivity index (χ1n) is 7.21. The highest BCUT2D eigenvalue weighted by Crippen LogP contribution is 2.39. The Balaban J connectivity index is 2.46. The summed E-state index contributed by atoms with van der Waals surface area (Å²) in [5.41, 5.74) is 0.496. The molecule has 1 unspecified atom stereocenters. The molecule has 0 saturated carbocycles. The normalized spacial score (nSPS) is 12.6. The van der Waals surface area contributed by atoms with Crippen molar-refractivity contribution >= 4 is 19.2 Å². The van der Waals surface area contributed by atoms with Gasteiger partial charge in [0.05, 0.1) is 5.69 Å². The van der Waals surface area contributed by atoms with Gasteiger partial charge < -0.3 is 20.0 Å². The number of carbonyl (C=O) groups excluding carboxylic acids is 1. The van der Waals surface area contributed by atoms with Crippen molar-refractivity contribution in [2.24, 2.45) is 0 Å². The fourth-order valence-corrected chi connectivity index (χ4v) is 3.00. The van der Waals surface area contributed by atoms with Crippen LogP contribution in [0.3, 0.4) is 0 Å². The molecule has 0 aliphatic carbocycles. The van der Waals surface area contributed by atoms with Crippen LogP contribution in [0.25, 0.3) is 0 Å². The van der Waals surface area contributed by atoms with Gasteiger partial charge in [-0.1, -0.05) is 19.1 Å². The second kappa shape index (κ2) is 7.05. The molecule has 0 aliphatic heterocycles. The Morgan fingerprint density at radius 2 is 1.79 bits per heavy atom. The average Bonchev–Trinajstić information content (AvgIpc) is 2.46. The monoisotopic (exact) mass is 351 g/mol. The minimum atomic E-state index is -4.65. The summed E-state index contributed by atoms with van der Waals surface area (Å²) in [6, 6.07) is 9.94. The van der Waals surface area contributed by atoms with Crippen LogP contribution in [0, 0.1) is 0 Å². The number of phenols is 2. The van der Waals surface area contributed by atoms with Crippen LogP contribution in [0.2, 0.25) is 0 Å². The summed E-state index contributed by atoms with van der Waals surface area (Å²) in [5, 5.41) is 21.1. The van der Waals surface area contributed by atoms with Gasteiger partial charge in [0.1, 0.15) is 11.5 Å². The third kappa shape index (κ3) is 4.35. The molecule has 128 valence electrons. The maximum atomic E-state index is 12.8. The molecule has 24 heavy (non-hydrogen) atoms. The van der Waals surface area contributed by atoms with Crippen LogP contribution in [-0.4, -0.2) is 25.8 Å². The third-order valence-electron chi connectivity index (χ3n) is 3.53. The maximum absolute atomic E-state index is 12.8. The molecule has 5 N–H and O–H groups in total. The quantitative estimate of drug-likeness (QED) is 0.400. The first kappa shape index (κ1) is 18.0. The van der Waals surface area contributed by atoms with Crippen LogP contribution < -0.4 is 5.09 Å².